The molecule has 188 valence electrons. The molecule has 2 heterocycles. The Labute approximate surface area is 217 Å². The zero-order chi connectivity index (χ0) is 26.2. The van der Waals surface area contributed by atoms with E-state index in [1.165, 1.54) is 43.7 Å². The molecule has 37 heavy (non-hydrogen) atoms. The summed E-state index contributed by atoms with van der Waals surface area (Å²) in [6.45, 7) is 1.94. The zero-order valence-corrected chi connectivity index (χ0v) is 21.3. The lowest BCUT2D eigenvalue weighted by Gasteiger charge is -2.17. The van der Waals surface area contributed by atoms with Crippen LogP contribution < -0.4 is 9.46 Å². The molecule has 0 bridgehead atoms. The van der Waals surface area contributed by atoms with Crippen molar-refractivity contribution >= 4 is 38.3 Å². The van der Waals surface area contributed by atoms with Crippen LogP contribution in [0.3, 0.4) is 0 Å². The topological polar surface area (TPSA) is 107 Å². The summed E-state index contributed by atoms with van der Waals surface area (Å²) < 4.78 is 52.3. The van der Waals surface area contributed by atoms with Gasteiger partial charge in [0.25, 0.3) is 10.0 Å². The van der Waals surface area contributed by atoms with Crippen LogP contribution in [0.1, 0.15) is 12.6 Å². The van der Waals surface area contributed by atoms with Gasteiger partial charge in [0.15, 0.2) is 5.82 Å². The highest BCUT2D eigenvalue weighted by atomic mass is 35.5. The summed E-state index contributed by atoms with van der Waals surface area (Å²) >= 11 is 6.68. The fourth-order valence-corrected chi connectivity index (χ4v) is 5.38. The van der Waals surface area contributed by atoms with Gasteiger partial charge in [-0.15, -0.1) is 0 Å². The number of aryl methyl sites for hydroxylation is 1. The molecule has 0 aliphatic rings. The monoisotopic (exact) mass is 538 g/mol. The third kappa shape index (κ3) is 4.73. The van der Waals surface area contributed by atoms with Crippen molar-refractivity contribution in [1.82, 2.24) is 15.4 Å². The van der Waals surface area contributed by atoms with E-state index in [1.807, 2.05) is 6.92 Å². The molecule has 1 N–H and O–H groups in total. The van der Waals surface area contributed by atoms with Gasteiger partial charge >= 0.3 is 0 Å². The molecule has 3 aromatic carbocycles. The molecule has 5 rings (SSSR count). The second-order valence-corrected chi connectivity index (χ2v) is 10.2. The highest BCUT2D eigenvalue weighted by Crippen LogP contribution is 2.42. The minimum absolute atomic E-state index is 0.0149. The minimum atomic E-state index is -3.94. The predicted octanol–water partition coefficient (Wildman–Crippen LogP) is 6.12. The third-order valence-corrected chi connectivity index (χ3v) is 7.49. The van der Waals surface area contributed by atoms with Crippen molar-refractivity contribution < 1.29 is 22.1 Å². The maximum absolute atomic E-state index is 13.9. The molecule has 0 aliphatic carbocycles. The molecule has 0 saturated carbocycles. The molecule has 8 nitrogen and oxygen atoms in total. The number of sulfonamides is 1. The van der Waals surface area contributed by atoms with Gasteiger partial charge in [0, 0.05) is 33.2 Å². The minimum Gasteiger partial charge on any atom is -0.496 e. The SMILES string of the molecule is CCc1nnc2cc(S(=O)(=O)Nc3ccon3)ccc2c1-c1cc(Cl)c(-c2cccc(F)c2)cc1OC. The van der Waals surface area contributed by atoms with Gasteiger partial charge in [-0.05, 0) is 48.4 Å². The van der Waals surface area contributed by atoms with Gasteiger partial charge in [-0.2, -0.15) is 10.2 Å². The fourth-order valence-electron chi connectivity index (χ4n) is 4.10. The van der Waals surface area contributed by atoms with Gasteiger partial charge < -0.3 is 9.26 Å². The van der Waals surface area contributed by atoms with Crippen LogP contribution in [0, 0.1) is 5.82 Å². The number of benzene rings is 3. The number of halogens is 2. The molecule has 0 unspecified atom stereocenters. The lowest BCUT2D eigenvalue weighted by atomic mass is 9.94. The van der Waals surface area contributed by atoms with Crippen LogP contribution in [0.15, 0.2) is 76.3 Å². The number of hydrogen-bond donors (Lipinski definition) is 1. The van der Waals surface area contributed by atoms with Crippen molar-refractivity contribution in [2.75, 3.05) is 11.8 Å². The molecule has 11 heteroatoms. The standard InChI is InChI=1S/C26H20ClFN4O4S/c1-3-22-26(20-13-21(27)19(14-24(20)35-2)15-5-4-6-16(28)11-15)18-8-7-17(12-23(18)30-29-22)37(33,34)32-25-9-10-36-31-25/h4-14H,3H2,1-2H3,(H,31,32). The fraction of sp³-hybridized carbons (Fsp3) is 0.115. The second-order valence-electron chi connectivity index (χ2n) is 8.09. The molecular formula is C26H20ClFN4O4S. The quantitative estimate of drug-likeness (QED) is 0.266. The summed E-state index contributed by atoms with van der Waals surface area (Å²) in [5, 5.41) is 13.3. The summed E-state index contributed by atoms with van der Waals surface area (Å²) in [5.41, 5.74) is 3.63. The second kappa shape index (κ2) is 9.79. The lowest BCUT2D eigenvalue weighted by molar-refractivity contribution is 0.416. The van der Waals surface area contributed by atoms with E-state index in [-0.39, 0.29) is 16.5 Å². The first kappa shape index (κ1) is 24.7. The summed E-state index contributed by atoms with van der Waals surface area (Å²) in [6.07, 6.45) is 1.82. The van der Waals surface area contributed by atoms with E-state index < -0.39 is 10.0 Å². The number of anilines is 1. The predicted molar refractivity (Wildman–Crippen MR) is 139 cm³/mol. The van der Waals surface area contributed by atoms with Gasteiger partial charge in [-0.1, -0.05) is 41.9 Å². The Balaban J connectivity index is 1.67. The number of methoxy groups -OCH3 is 1. The Kier molecular flexibility index (Phi) is 6.53. The van der Waals surface area contributed by atoms with Crippen LogP contribution in [0.5, 0.6) is 5.75 Å². The highest BCUT2D eigenvalue weighted by molar-refractivity contribution is 7.92. The smallest absolute Gasteiger partial charge is 0.263 e. The Hall–Kier alpha value is -4.02. The van der Waals surface area contributed by atoms with E-state index in [2.05, 4.69) is 20.1 Å². The first-order chi connectivity index (χ1) is 17.8. The summed E-state index contributed by atoms with van der Waals surface area (Å²) in [4.78, 5) is -0.0149. The van der Waals surface area contributed by atoms with Gasteiger partial charge in [-0.3, -0.25) is 4.72 Å². The molecule has 0 atom stereocenters. The van der Waals surface area contributed by atoms with Gasteiger partial charge in [0.05, 0.1) is 23.2 Å². The van der Waals surface area contributed by atoms with Crippen molar-refractivity contribution in [2.24, 2.45) is 0 Å². The van der Waals surface area contributed by atoms with E-state index in [9.17, 15) is 12.8 Å². The Morgan fingerprint density at radius 2 is 1.89 bits per heavy atom. The van der Waals surface area contributed by atoms with Crippen molar-refractivity contribution in [3.8, 4) is 28.0 Å². The maximum atomic E-state index is 13.9. The third-order valence-electron chi connectivity index (χ3n) is 5.82. The summed E-state index contributed by atoms with van der Waals surface area (Å²) in [5.74, 6) is 0.182. The van der Waals surface area contributed by atoms with E-state index in [1.54, 1.807) is 30.3 Å². The van der Waals surface area contributed by atoms with Crippen molar-refractivity contribution in [3.05, 3.63) is 83.5 Å². The molecule has 2 aromatic heterocycles. The lowest BCUT2D eigenvalue weighted by Crippen LogP contribution is -2.13. The largest absolute Gasteiger partial charge is 0.496 e. The first-order valence-corrected chi connectivity index (χ1v) is 13.0. The average molecular weight is 539 g/mol. The zero-order valence-electron chi connectivity index (χ0n) is 19.7. The molecule has 0 saturated heterocycles. The van der Waals surface area contributed by atoms with Crippen LogP contribution in [0.2, 0.25) is 5.02 Å². The molecule has 0 aliphatic heterocycles. The Bertz CT molecular complexity index is 1730. The van der Waals surface area contributed by atoms with Gasteiger partial charge in [0.1, 0.15) is 17.8 Å². The number of fused-ring (bicyclic) bond motifs is 1. The van der Waals surface area contributed by atoms with Gasteiger partial charge in [-0.25, -0.2) is 12.8 Å². The summed E-state index contributed by atoms with van der Waals surface area (Å²) in [6, 6.07) is 15.6. The van der Waals surface area contributed by atoms with Crippen LogP contribution in [-0.4, -0.2) is 30.9 Å². The number of ether oxygens (including phenoxy) is 1. The van der Waals surface area contributed by atoms with Crippen molar-refractivity contribution in [3.63, 3.8) is 0 Å². The number of nitrogens with zero attached hydrogens (tertiary/aromatic N) is 3. The van der Waals surface area contributed by atoms with E-state index >= 15 is 0 Å². The van der Waals surface area contributed by atoms with Crippen LogP contribution in [0.4, 0.5) is 10.2 Å². The van der Waals surface area contributed by atoms with E-state index in [0.29, 0.717) is 56.0 Å². The molecule has 0 fully saturated rings. The highest BCUT2D eigenvalue weighted by Gasteiger charge is 2.22. The van der Waals surface area contributed by atoms with E-state index in [0.717, 1.165) is 0 Å². The van der Waals surface area contributed by atoms with Crippen molar-refractivity contribution in [1.29, 1.82) is 0 Å². The Morgan fingerprint density at radius 1 is 1.05 bits per heavy atom. The number of nitrogens with one attached hydrogen (secondary N) is 1. The van der Waals surface area contributed by atoms with Crippen molar-refractivity contribution in [2.45, 2.75) is 18.2 Å². The molecular weight excluding hydrogens is 519 g/mol. The number of aromatic nitrogens is 3. The van der Waals surface area contributed by atoms with Crippen LogP contribution >= 0.6 is 11.6 Å². The molecule has 0 radical (unpaired) electrons. The summed E-state index contributed by atoms with van der Waals surface area (Å²) in [7, 11) is -2.41. The first-order valence-electron chi connectivity index (χ1n) is 11.2. The van der Waals surface area contributed by atoms with Crippen LogP contribution in [-0.2, 0) is 16.4 Å². The molecule has 0 amide bonds. The van der Waals surface area contributed by atoms with E-state index in [4.69, 9.17) is 20.9 Å². The Morgan fingerprint density at radius 3 is 2.59 bits per heavy atom. The number of rotatable bonds is 7. The van der Waals surface area contributed by atoms with Gasteiger partial charge in [0.2, 0.25) is 0 Å². The normalized spacial score (nSPS) is 11.6. The molecule has 0 spiro atoms. The molecule has 5 aromatic rings. The van der Waals surface area contributed by atoms with Crippen LogP contribution in [0.25, 0.3) is 33.2 Å². The maximum Gasteiger partial charge on any atom is 0.263 e. The average Bonchev–Trinajstić information content (AvgIpc) is 3.39. The number of hydrogen-bond acceptors (Lipinski definition) is 7.